The summed E-state index contributed by atoms with van der Waals surface area (Å²) in [6.45, 7) is 0.560. The number of aromatic nitrogens is 1. The quantitative estimate of drug-likeness (QED) is 0.139. The summed E-state index contributed by atoms with van der Waals surface area (Å²) in [5, 5.41) is 9.78. The average molecular weight is 486 g/mol. The Bertz CT molecular complexity index is 1300. The fourth-order valence-corrected chi connectivity index (χ4v) is 4.26. The molecule has 1 heterocycles. The lowest BCUT2D eigenvalue weighted by Crippen LogP contribution is -2.32. The molecule has 1 aromatic heterocycles. The standard InChI is InChI=1S/C29H31N3O4/c1-36-26-15-11-23(12-16-26)29(34)32(19-5-3-2-4-6-28(33)31-35)25-13-9-21(10-14-25)24-8-7-22-17-18-30-27(22)20-24/h7-18,20,30,35H,2-6,19H2,1H3,(H,31,33). The van der Waals surface area contributed by atoms with Crippen LogP contribution in [0.2, 0.25) is 0 Å². The summed E-state index contributed by atoms with van der Waals surface area (Å²) in [4.78, 5) is 29.7. The molecule has 0 bridgehead atoms. The zero-order chi connectivity index (χ0) is 25.3. The molecule has 4 rings (SSSR count). The van der Waals surface area contributed by atoms with Crippen LogP contribution in [0.1, 0.15) is 42.5 Å². The van der Waals surface area contributed by atoms with Crippen molar-refractivity contribution in [3.05, 3.63) is 84.6 Å². The molecule has 0 saturated heterocycles. The highest BCUT2D eigenvalue weighted by atomic mass is 16.5. The molecule has 0 saturated carbocycles. The summed E-state index contributed by atoms with van der Waals surface area (Å²) >= 11 is 0. The van der Waals surface area contributed by atoms with E-state index >= 15 is 0 Å². The number of nitrogens with zero attached hydrogens (tertiary/aromatic N) is 1. The number of amides is 2. The number of nitrogens with one attached hydrogen (secondary N) is 2. The number of H-pyrrole nitrogens is 1. The zero-order valence-electron chi connectivity index (χ0n) is 20.4. The van der Waals surface area contributed by atoms with Crippen molar-refractivity contribution in [3.63, 3.8) is 0 Å². The topological polar surface area (TPSA) is 94.7 Å². The van der Waals surface area contributed by atoms with Gasteiger partial charge in [0.15, 0.2) is 0 Å². The van der Waals surface area contributed by atoms with E-state index in [1.165, 1.54) is 5.39 Å². The smallest absolute Gasteiger partial charge is 0.258 e. The number of fused-ring (bicyclic) bond motifs is 1. The minimum atomic E-state index is -0.373. The molecular weight excluding hydrogens is 454 g/mol. The lowest BCUT2D eigenvalue weighted by Gasteiger charge is -2.23. The van der Waals surface area contributed by atoms with Gasteiger partial charge in [-0.1, -0.05) is 37.1 Å². The third kappa shape index (κ3) is 6.12. The van der Waals surface area contributed by atoms with Crippen LogP contribution in [0.15, 0.2) is 79.0 Å². The van der Waals surface area contributed by atoms with Crippen molar-refractivity contribution >= 4 is 28.4 Å². The van der Waals surface area contributed by atoms with Gasteiger partial charge < -0.3 is 14.6 Å². The Morgan fingerprint density at radius 3 is 2.33 bits per heavy atom. The molecule has 36 heavy (non-hydrogen) atoms. The number of benzene rings is 3. The number of hydrogen-bond donors (Lipinski definition) is 3. The molecule has 186 valence electrons. The number of anilines is 1. The molecule has 3 aromatic carbocycles. The maximum Gasteiger partial charge on any atom is 0.258 e. The highest BCUT2D eigenvalue weighted by Gasteiger charge is 2.18. The van der Waals surface area contributed by atoms with Crippen LogP contribution < -0.4 is 15.1 Å². The van der Waals surface area contributed by atoms with Gasteiger partial charge in [-0.15, -0.1) is 0 Å². The van der Waals surface area contributed by atoms with E-state index in [9.17, 15) is 9.59 Å². The Morgan fingerprint density at radius 1 is 0.889 bits per heavy atom. The summed E-state index contributed by atoms with van der Waals surface area (Å²) in [6, 6.07) is 23.6. The number of hydroxylamine groups is 1. The highest BCUT2D eigenvalue weighted by Crippen LogP contribution is 2.27. The monoisotopic (exact) mass is 485 g/mol. The molecule has 0 aliphatic heterocycles. The van der Waals surface area contributed by atoms with E-state index in [-0.39, 0.29) is 11.8 Å². The maximum absolute atomic E-state index is 13.5. The number of carbonyl (C=O) groups excluding carboxylic acids is 2. The van der Waals surface area contributed by atoms with Crippen LogP contribution >= 0.6 is 0 Å². The Balaban J connectivity index is 1.49. The number of unbranched alkanes of at least 4 members (excludes halogenated alkanes) is 3. The highest BCUT2D eigenvalue weighted by molar-refractivity contribution is 6.06. The predicted octanol–water partition coefficient (Wildman–Crippen LogP) is 5.95. The van der Waals surface area contributed by atoms with Gasteiger partial charge in [-0.3, -0.25) is 14.8 Å². The van der Waals surface area contributed by atoms with E-state index < -0.39 is 0 Å². The fourth-order valence-electron chi connectivity index (χ4n) is 4.26. The summed E-state index contributed by atoms with van der Waals surface area (Å²) in [5.41, 5.74) is 6.36. The van der Waals surface area contributed by atoms with Gasteiger partial charge in [0.2, 0.25) is 5.91 Å². The van der Waals surface area contributed by atoms with Crippen molar-refractivity contribution in [2.45, 2.75) is 32.1 Å². The lowest BCUT2D eigenvalue weighted by molar-refractivity contribution is -0.129. The van der Waals surface area contributed by atoms with Crippen LogP contribution in [0.25, 0.3) is 22.0 Å². The number of ether oxygens (including phenoxy) is 1. The summed E-state index contributed by atoms with van der Waals surface area (Å²) in [6.07, 6.45) is 5.44. The molecule has 3 N–H and O–H groups in total. The molecule has 0 radical (unpaired) electrons. The van der Waals surface area contributed by atoms with Gasteiger partial charge in [0.1, 0.15) is 5.75 Å². The molecule has 7 heteroatoms. The van der Waals surface area contributed by atoms with Crippen molar-refractivity contribution in [1.82, 2.24) is 10.5 Å². The van der Waals surface area contributed by atoms with Crippen LogP contribution in [-0.4, -0.2) is 35.7 Å². The Hall–Kier alpha value is -4.10. The second-order valence-electron chi connectivity index (χ2n) is 8.71. The third-order valence-electron chi connectivity index (χ3n) is 6.31. The van der Waals surface area contributed by atoms with Gasteiger partial charge in [0.25, 0.3) is 5.91 Å². The molecule has 4 aromatic rings. The minimum absolute atomic E-state index is 0.0714. The number of rotatable bonds is 11. The summed E-state index contributed by atoms with van der Waals surface area (Å²) < 4.78 is 5.23. The molecular formula is C29H31N3O4. The van der Waals surface area contributed by atoms with Crippen LogP contribution in [0.4, 0.5) is 5.69 Å². The normalized spacial score (nSPS) is 10.8. The van der Waals surface area contributed by atoms with Gasteiger partial charge in [-0.25, -0.2) is 5.48 Å². The molecule has 2 amide bonds. The molecule has 0 atom stereocenters. The molecule has 0 fully saturated rings. The number of aromatic amines is 1. The fraction of sp³-hybridized carbons (Fsp3) is 0.241. The summed E-state index contributed by atoms with van der Waals surface area (Å²) in [5.74, 6) is 0.257. The van der Waals surface area contributed by atoms with Gasteiger partial charge in [-0.05, 0) is 77.9 Å². The van der Waals surface area contributed by atoms with Gasteiger partial charge >= 0.3 is 0 Å². The SMILES string of the molecule is COc1ccc(C(=O)N(CCCCCCC(=O)NO)c2ccc(-c3ccc4cc[nH]c4c3)cc2)cc1. The van der Waals surface area contributed by atoms with Crippen LogP contribution in [0.5, 0.6) is 5.75 Å². The van der Waals surface area contributed by atoms with Gasteiger partial charge in [0.05, 0.1) is 7.11 Å². The molecule has 0 aliphatic carbocycles. The van der Waals surface area contributed by atoms with Crippen molar-refractivity contribution in [2.75, 3.05) is 18.6 Å². The van der Waals surface area contributed by atoms with E-state index in [0.717, 1.165) is 41.6 Å². The van der Waals surface area contributed by atoms with E-state index in [1.807, 2.05) is 36.5 Å². The van der Waals surface area contributed by atoms with Gasteiger partial charge in [0, 0.05) is 35.9 Å². The first kappa shape index (κ1) is 25.0. The molecule has 0 spiro atoms. The Morgan fingerprint density at radius 2 is 1.61 bits per heavy atom. The van der Waals surface area contributed by atoms with E-state index in [1.54, 1.807) is 41.8 Å². The van der Waals surface area contributed by atoms with Crippen LogP contribution in [0.3, 0.4) is 0 Å². The number of hydrogen-bond acceptors (Lipinski definition) is 4. The van der Waals surface area contributed by atoms with Crippen LogP contribution in [-0.2, 0) is 4.79 Å². The second kappa shape index (κ2) is 12.0. The minimum Gasteiger partial charge on any atom is -0.497 e. The zero-order valence-corrected chi connectivity index (χ0v) is 20.4. The second-order valence-corrected chi connectivity index (χ2v) is 8.71. The lowest BCUT2D eigenvalue weighted by atomic mass is 10.0. The first-order valence-electron chi connectivity index (χ1n) is 12.2. The molecule has 0 unspecified atom stereocenters. The van der Waals surface area contributed by atoms with Crippen molar-refractivity contribution in [3.8, 4) is 16.9 Å². The van der Waals surface area contributed by atoms with Crippen molar-refractivity contribution in [2.24, 2.45) is 0 Å². The maximum atomic E-state index is 13.5. The van der Waals surface area contributed by atoms with E-state index in [4.69, 9.17) is 9.94 Å². The van der Waals surface area contributed by atoms with Crippen LogP contribution in [0, 0.1) is 0 Å². The summed E-state index contributed by atoms with van der Waals surface area (Å²) in [7, 11) is 1.60. The first-order valence-corrected chi connectivity index (χ1v) is 12.2. The molecule has 0 aliphatic rings. The predicted molar refractivity (Wildman–Crippen MR) is 141 cm³/mol. The Labute approximate surface area is 210 Å². The largest absolute Gasteiger partial charge is 0.497 e. The van der Waals surface area contributed by atoms with E-state index in [0.29, 0.717) is 30.7 Å². The third-order valence-corrected chi connectivity index (χ3v) is 6.31. The van der Waals surface area contributed by atoms with Crippen molar-refractivity contribution in [1.29, 1.82) is 0 Å². The van der Waals surface area contributed by atoms with Gasteiger partial charge in [-0.2, -0.15) is 0 Å². The Kier molecular flexibility index (Phi) is 8.36. The number of carbonyl (C=O) groups is 2. The van der Waals surface area contributed by atoms with Crippen molar-refractivity contribution < 1.29 is 19.5 Å². The number of methoxy groups -OCH3 is 1. The first-order chi connectivity index (χ1) is 17.6. The molecule has 7 nitrogen and oxygen atoms in total. The van der Waals surface area contributed by atoms with E-state index in [2.05, 4.69) is 23.2 Å². The average Bonchev–Trinajstić information content (AvgIpc) is 3.40.